The lowest BCUT2D eigenvalue weighted by Gasteiger charge is -2.45. The molecule has 0 aromatic rings. The highest BCUT2D eigenvalue weighted by molar-refractivity contribution is 7.80. The minimum absolute atomic E-state index is 0.0271. The summed E-state index contributed by atoms with van der Waals surface area (Å²) < 4.78 is 15.5. The summed E-state index contributed by atoms with van der Waals surface area (Å²) in [7, 11) is 0. The Morgan fingerprint density at radius 1 is 0.783 bits per heavy atom. The van der Waals surface area contributed by atoms with Crippen molar-refractivity contribution in [3.63, 3.8) is 0 Å². The largest absolute Gasteiger partial charge is 0.394 e. The first-order valence-electron chi connectivity index (χ1n) is 7.08. The second-order valence-electron chi connectivity index (χ2n) is 5.53. The topological polar surface area (TPSA) is 169 Å². The van der Waals surface area contributed by atoms with Crippen molar-refractivity contribution < 1.29 is 50.0 Å². The third-order valence-electron chi connectivity index (χ3n) is 3.98. The molecule has 4 unspecified atom stereocenters. The van der Waals surface area contributed by atoms with Crippen LogP contribution in [-0.4, -0.2) is 110 Å². The van der Waals surface area contributed by atoms with Crippen LogP contribution in [0.15, 0.2) is 0 Å². The third-order valence-corrected chi connectivity index (χ3v) is 4.34. The molecule has 2 aliphatic rings. The van der Waals surface area contributed by atoms with E-state index in [1.165, 1.54) is 0 Å². The molecule has 7 N–H and O–H groups in total. The van der Waals surface area contributed by atoms with Crippen molar-refractivity contribution >= 4 is 12.6 Å². The highest BCUT2D eigenvalue weighted by Gasteiger charge is 2.49. The van der Waals surface area contributed by atoms with Crippen LogP contribution in [0.2, 0.25) is 0 Å². The minimum atomic E-state index is -1.71. The van der Waals surface area contributed by atoms with Crippen molar-refractivity contribution in [1.82, 2.24) is 0 Å². The summed E-state index contributed by atoms with van der Waals surface area (Å²) in [4.78, 5) is 0. The van der Waals surface area contributed by atoms with Gasteiger partial charge in [0.1, 0.15) is 42.7 Å². The predicted molar refractivity (Wildman–Crippen MR) is 75.4 cm³/mol. The van der Waals surface area contributed by atoms with Gasteiger partial charge in [-0.2, -0.15) is 12.6 Å². The van der Waals surface area contributed by atoms with Gasteiger partial charge in [-0.15, -0.1) is 0 Å². The van der Waals surface area contributed by atoms with Crippen LogP contribution in [0, 0.1) is 0 Å². The average Bonchev–Trinajstić information content (AvgIpc) is 2.55. The van der Waals surface area contributed by atoms with E-state index < -0.39 is 68.0 Å². The Balaban J connectivity index is 2.11. The van der Waals surface area contributed by atoms with E-state index in [1.807, 2.05) is 0 Å². The number of aliphatic hydroxyl groups excluding tert-OH is 7. The number of ether oxygens (including phenoxy) is 3. The molecule has 0 amide bonds. The predicted octanol–water partition coefficient (Wildman–Crippen LogP) is -4.46. The van der Waals surface area contributed by atoms with E-state index in [9.17, 15) is 35.7 Å². The van der Waals surface area contributed by atoms with E-state index in [4.69, 9.17) is 14.2 Å². The van der Waals surface area contributed by atoms with Gasteiger partial charge in [0.2, 0.25) is 0 Å². The van der Waals surface area contributed by atoms with Crippen molar-refractivity contribution in [2.75, 3.05) is 12.4 Å². The molecular weight excluding hydrogens is 336 g/mol. The molecule has 2 saturated heterocycles. The van der Waals surface area contributed by atoms with Crippen LogP contribution < -0.4 is 0 Å². The highest BCUT2D eigenvalue weighted by atomic mass is 32.1. The maximum atomic E-state index is 9.98. The minimum Gasteiger partial charge on any atom is -0.394 e. The lowest BCUT2D eigenvalue weighted by Crippen LogP contribution is -2.64. The lowest BCUT2D eigenvalue weighted by molar-refractivity contribution is -0.351. The molecule has 0 radical (unpaired) electrons. The summed E-state index contributed by atoms with van der Waals surface area (Å²) in [5.74, 6) is 0.0271. The van der Waals surface area contributed by atoms with Gasteiger partial charge in [-0.25, -0.2) is 0 Å². The van der Waals surface area contributed by atoms with E-state index in [-0.39, 0.29) is 5.75 Å². The first kappa shape index (κ1) is 19.3. The van der Waals surface area contributed by atoms with Gasteiger partial charge in [0.05, 0.1) is 12.7 Å². The van der Waals surface area contributed by atoms with E-state index in [2.05, 4.69) is 12.6 Å². The number of hydrogen-bond acceptors (Lipinski definition) is 11. The number of hydrogen-bond donors (Lipinski definition) is 8. The van der Waals surface area contributed by atoms with Crippen LogP contribution in [-0.2, 0) is 14.2 Å². The SMILES string of the molecule is OCC1O[C@@H](O)C(O)[C@@H](O)[C@@H]1O[C@@H]1OC(CS)[C@H](O)[C@H](O)C1O. The number of aliphatic hydroxyl groups is 7. The van der Waals surface area contributed by atoms with Gasteiger partial charge in [-0.05, 0) is 0 Å². The van der Waals surface area contributed by atoms with Crippen LogP contribution in [0.25, 0.3) is 0 Å². The monoisotopic (exact) mass is 358 g/mol. The fourth-order valence-corrected chi connectivity index (χ4v) is 2.87. The zero-order valence-electron chi connectivity index (χ0n) is 12.0. The number of thiol groups is 1. The molecule has 2 fully saturated rings. The normalized spacial score (nSPS) is 51.7. The van der Waals surface area contributed by atoms with Gasteiger partial charge in [0.15, 0.2) is 12.6 Å². The van der Waals surface area contributed by atoms with Gasteiger partial charge < -0.3 is 50.0 Å². The zero-order chi connectivity index (χ0) is 17.3. The molecule has 2 rings (SSSR count). The van der Waals surface area contributed by atoms with Crippen LogP contribution in [0.4, 0.5) is 0 Å². The maximum Gasteiger partial charge on any atom is 0.187 e. The van der Waals surface area contributed by atoms with E-state index in [0.717, 1.165) is 0 Å². The molecule has 10 atom stereocenters. The Kier molecular flexibility index (Phi) is 6.61. The molecule has 10 nitrogen and oxygen atoms in total. The average molecular weight is 358 g/mol. The van der Waals surface area contributed by atoms with Crippen molar-refractivity contribution in [2.45, 2.75) is 61.4 Å². The molecule has 2 heterocycles. The molecule has 0 aromatic heterocycles. The summed E-state index contributed by atoms with van der Waals surface area (Å²) in [6, 6.07) is 0. The van der Waals surface area contributed by atoms with Crippen molar-refractivity contribution in [3.05, 3.63) is 0 Å². The van der Waals surface area contributed by atoms with Gasteiger partial charge in [0.25, 0.3) is 0 Å². The lowest BCUT2D eigenvalue weighted by atomic mass is 9.97. The second kappa shape index (κ2) is 7.89. The molecule has 136 valence electrons. The molecule has 0 spiro atoms. The van der Waals surface area contributed by atoms with E-state index in [1.54, 1.807) is 0 Å². The Hall–Kier alpha value is -0.0500. The van der Waals surface area contributed by atoms with Gasteiger partial charge >= 0.3 is 0 Å². The summed E-state index contributed by atoms with van der Waals surface area (Å²) in [5.41, 5.74) is 0. The Bertz CT molecular complexity index is 383. The summed E-state index contributed by atoms with van der Waals surface area (Å²) in [6.45, 7) is -0.643. The Morgan fingerprint density at radius 3 is 2.00 bits per heavy atom. The molecule has 11 heteroatoms. The maximum absolute atomic E-state index is 9.98. The van der Waals surface area contributed by atoms with Gasteiger partial charge in [-0.3, -0.25) is 0 Å². The van der Waals surface area contributed by atoms with Crippen LogP contribution >= 0.6 is 12.6 Å². The zero-order valence-corrected chi connectivity index (χ0v) is 12.9. The Labute approximate surface area is 137 Å². The van der Waals surface area contributed by atoms with Crippen LogP contribution in [0.5, 0.6) is 0 Å². The molecule has 0 aromatic carbocycles. The van der Waals surface area contributed by atoms with Crippen molar-refractivity contribution in [1.29, 1.82) is 0 Å². The second-order valence-corrected chi connectivity index (χ2v) is 5.89. The fourth-order valence-electron chi connectivity index (χ4n) is 2.57. The van der Waals surface area contributed by atoms with E-state index >= 15 is 0 Å². The van der Waals surface area contributed by atoms with Crippen molar-refractivity contribution in [2.24, 2.45) is 0 Å². The molecular formula is C12H22O10S. The first-order valence-corrected chi connectivity index (χ1v) is 7.71. The van der Waals surface area contributed by atoms with Crippen molar-refractivity contribution in [3.8, 4) is 0 Å². The standard InChI is InChI=1S/C12H22O10S/c13-1-3-10(7(16)8(17)11(19)20-3)22-12-9(18)6(15)5(14)4(2-23)21-12/h3-19,23H,1-2H2/t3?,4?,5-,6-,7+,8?,9?,10+,11+,12-/m0/s1. The smallest absolute Gasteiger partial charge is 0.187 e. The van der Waals surface area contributed by atoms with Gasteiger partial charge in [-0.1, -0.05) is 0 Å². The molecule has 2 aliphatic heterocycles. The molecule has 0 aliphatic carbocycles. The van der Waals surface area contributed by atoms with E-state index in [0.29, 0.717) is 0 Å². The van der Waals surface area contributed by atoms with Crippen LogP contribution in [0.3, 0.4) is 0 Å². The molecule has 0 saturated carbocycles. The first-order chi connectivity index (χ1) is 10.8. The highest BCUT2D eigenvalue weighted by Crippen LogP contribution is 2.28. The summed E-state index contributed by atoms with van der Waals surface area (Å²) >= 11 is 3.96. The Morgan fingerprint density at radius 2 is 1.43 bits per heavy atom. The molecule has 0 bridgehead atoms. The van der Waals surface area contributed by atoms with Crippen LogP contribution in [0.1, 0.15) is 0 Å². The quantitative estimate of drug-likeness (QED) is 0.229. The van der Waals surface area contributed by atoms with Gasteiger partial charge in [0, 0.05) is 5.75 Å². The summed E-state index contributed by atoms with van der Waals surface area (Å²) in [6.07, 6.45) is -14.6. The fraction of sp³-hybridized carbons (Fsp3) is 1.00. The summed E-state index contributed by atoms with van der Waals surface area (Å²) in [5, 5.41) is 67.7. The molecule has 23 heavy (non-hydrogen) atoms. The third kappa shape index (κ3) is 3.80. The number of rotatable bonds is 4.